The molecule has 2 bridgehead atoms. The molecule has 2 aliphatic carbocycles. The van der Waals surface area contributed by atoms with Crippen LogP contribution in [0.5, 0.6) is 0 Å². The summed E-state index contributed by atoms with van der Waals surface area (Å²) in [6, 6.07) is 15.5. The van der Waals surface area contributed by atoms with Crippen LogP contribution >= 0.6 is 0 Å². The van der Waals surface area contributed by atoms with Crippen LogP contribution in [0.25, 0.3) is 0 Å². The van der Waals surface area contributed by atoms with Crippen molar-refractivity contribution < 1.29 is 23.9 Å². The number of likely N-dealkylation sites (tertiary alicyclic amines) is 1. The van der Waals surface area contributed by atoms with Crippen molar-refractivity contribution in [2.24, 2.45) is 23.7 Å². The van der Waals surface area contributed by atoms with Crippen molar-refractivity contribution in [1.82, 2.24) is 4.90 Å². The van der Waals surface area contributed by atoms with Gasteiger partial charge in [-0.2, -0.15) is 0 Å². The average Bonchev–Trinajstić information content (AvgIpc) is 3.52. The van der Waals surface area contributed by atoms with Crippen LogP contribution in [0.2, 0.25) is 0 Å². The molecular formula is C27H28N2O5. The number of benzene rings is 2. The Hall–Kier alpha value is -3.48. The number of carbonyl (C=O) groups excluding carboxylic acids is 4. The minimum absolute atomic E-state index is 0.158. The van der Waals surface area contributed by atoms with Gasteiger partial charge in [0.25, 0.3) is 5.91 Å². The summed E-state index contributed by atoms with van der Waals surface area (Å²) in [5.74, 6) is -1.92. The molecule has 3 fully saturated rings. The first-order chi connectivity index (χ1) is 16.4. The fraction of sp³-hybridized carbons (Fsp3) is 0.407. The summed E-state index contributed by atoms with van der Waals surface area (Å²) in [5.41, 5.74) is 2.34. The minimum Gasteiger partial charge on any atom is -0.454 e. The zero-order valence-electron chi connectivity index (χ0n) is 19.1. The number of ether oxygens (including phenoxy) is 1. The molecule has 176 valence electrons. The Labute approximate surface area is 198 Å². The zero-order chi connectivity index (χ0) is 23.8. The summed E-state index contributed by atoms with van der Waals surface area (Å²) >= 11 is 0. The number of fused-ring (bicyclic) bond motifs is 5. The van der Waals surface area contributed by atoms with E-state index in [0.717, 1.165) is 35.3 Å². The van der Waals surface area contributed by atoms with Crippen LogP contribution in [-0.4, -0.2) is 41.2 Å². The number of amides is 3. The second-order valence-electron chi connectivity index (χ2n) is 9.61. The Bertz CT molecular complexity index is 1100. The number of para-hydroxylation sites is 1. The molecule has 2 aromatic rings. The molecule has 1 saturated heterocycles. The molecule has 5 rings (SSSR count). The van der Waals surface area contributed by atoms with Gasteiger partial charge in [0, 0.05) is 12.1 Å². The van der Waals surface area contributed by atoms with Crippen LogP contribution in [0, 0.1) is 30.6 Å². The summed E-state index contributed by atoms with van der Waals surface area (Å²) < 4.78 is 5.35. The number of esters is 1. The Morgan fingerprint density at radius 2 is 1.59 bits per heavy atom. The highest BCUT2D eigenvalue weighted by molar-refractivity contribution is 6.08. The SMILES string of the molecule is Cc1ccccc1NC(=O)COC(=O)[C@H](Cc1ccccc1)N1C(=O)[C@@H]2[C@H]3CC[C@@H](C3)[C@@H]2C1=O. The van der Waals surface area contributed by atoms with Crippen molar-refractivity contribution in [3.63, 3.8) is 0 Å². The van der Waals surface area contributed by atoms with Crippen molar-refractivity contribution in [2.45, 2.75) is 38.6 Å². The van der Waals surface area contributed by atoms with Gasteiger partial charge in [-0.25, -0.2) is 4.79 Å². The molecule has 5 atom stereocenters. The van der Waals surface area contributed by atoms with Crippen LogP contribution in [0.15, 0.2) is 54.6 Å². The van der Waals surface area contributed by atoms with E-state index in [2.05, 4.69) is 5.32 Å². The molecule has 34 heavy (non-hydrogen) atoms. The van der Waals surface area contributed by atoms with E-state index in [1.807, 2.05) is 49.4 Å². The lowest BCUT2D eigenvalue weighted by Crippen LogP contribution is -2.48. The summed E-state index contributed by atoms with van der Waals surface area (Å²) in [4.78, 5) is 53.5. The Kier molecular flexibility index (Phi) is 5.94. The number of aryl methyl sites for hydroxylation is 1. The van der Waals surface area contributed by atoms with E-state index in [-0.39, 0.29) is 41.9 Å². The summed E-state index contributed by atoms with van der Waals surface area (Å²) in [5, 5.41) is 2.73. The number of imide groups is 1. The first kappa shape index (κ1) is 22.3. The van der Waals surface area contributed by atoms with Gasteiger partial charge in [0.2, 0.25) is 11.8 Å². The lowest BCUT2D eigenvalue weighted by Gasteiger charge is -2.26. The molecule has 7 nitrogen and oxygen atoms in total. The first-order valence-corrected chi connectivity index (χ1v) is 11.9. The molecule has 1 N–H and O–H groups in total. The third kappa shape index (κ3) is 4.00. The topological polar surface area (TPSA) is 92.8 Å². The molecule has 2 aromatic carbocycles. The molecule has 0 spiro atoms. The quantitative estimate of drug-likeness (QED) is 0.506. The van der Waals surface area contributed by atoms with Gasteiger partial charge in [-0.1, -0.05) is 48.5 Å². The fourth-order valence-electron chi connectivity index (χ4n) is 5.99. The van der Waals surface area contributed by atoms with Crippen LogP contribution in [0.4, 0.5) is 5.69 Å². The van der Waals surface area contributed by atoms with Crippen LogP contribution in [0.3, 0.4) is 0 Å². The van der Waals surface area contributed by atoms with E-state index < -0.39 is 24.5 Å². The maximum atomic E-state index is 13.4. The number of anilines is 1. The highest BCUT2D eigenvalue weighted by atomic mass is 16.5. The maximum Gasteiger partial charge on any atom is 0.330 e. The second kappa shape index (κ2) is 9.05. The van der Waals surface area contributed by atoms with Crippen molar-refractivity contribution >= 4 is 29.4 Å². The largest absolute Gasteiger partial charge is 0.454 e. The third-order valence-corrected chi connectivity index (χ3v) is 7.58. The Balaban J connectivity index is 1.32. The molecule has 7 heteroatoms. The Morgan fingerprint density at radius 3 is 2.24 bits per heavy atom. The standard InChI is InChI=1S/C27H28N2O5/c1-16-7-5-6-10-20(16)28-22(30)15-34-27(33)21(13-17-8-3-2-4-9-17)29-25(31)23-18-11-12-19(14-18)24(23)26(29)32/h2-10,18-19,21,23-24H,11-15H2,1H3,(H,28,30)/t18-,19-,21-,23-,24+/m0/s1. The molecular weight excluding hydrogens is 432 g/mol. The zero-order valence-corrected chi connectivity index (χ0v) is 19.1. The molecule has 3 amide bonds. The minimum atomic E-state index is -1.08. The van der Waals surface area contributed by atoms with Crippen molar-refractivity contribution in [3.8, 4) is 0 Å². The molecule has 1 aliphatic heterocycles. The van der Waals surface area contributed by atoms with Gasteiger partial charge in [0.1, 0.15) is 6.04 Å². The van der Waals surface area contributed by atoms with E-state index in [1.54, 1.807) is 12.1 Å². The number of hydrogen-bond acceptors (Lipinski definition) is 5. The van der Waals surface area contributed by atoms with E-state index in [9.17, 15) is 19.2 Å². The van der Waals surface area contributed by atoms with Gasteiger partial charge in [-0.15, -0.1) is 0 Å². The predicted molar refractivity (Wildman–Crippen MR) is 124 cm³/mol. The summed E-state index contributed by atoms with van der Waals surface area (Å²) in [6.45, 7) is 1.37. The molecule has 0 radical (unpaired) electrons. The van der Waals surface area contributed by atoms with E-state index in [4.69, 9.17) is 4.74 Å². The van der Waals surface area contributed by atoms with Gasteiger partial charge >= 0.3 is 5.97 Å². The normalized spacial score (nSPS) is 25.9. The lowest BCUT2D eigenvalue weighted by atomic mass is 9.81. The Morgan fingerprint density at radius 1 is 0.971 bits per heavy atom. The van der Waals surface area contributed by atoms with Gasteiger partial charge in [-0.3, -0.25) is 19.3 Å². The highest BCUT2D eigenvalue weighted by Gasteiger charge is 2.62. The number of hydrogen-bond donors (Lipinski definition) is 1. The van der Waals surface area contributed by atoms with Crippen LogP contribution in [0.1, 0.15) is 30.4 Å². The van der Waals surface area contributed by atoms with E-state index in [0.29, 0.717) is 5.69 Å². The number of carbonyl (C=O) groups is 4. The molecule has 0 unspecified atom stereocenters. The molecule has 2 saturated carbocycles. The van der Waals surface area contributed by atoms with E-state index in [1.165, 1.54) is 0 Å². The van der Waals surface area contributed by atoms with Crippen LogP contribution in [-0.2, 0) is 30.3 Å². The average molecular weight is 461 g/mol. The van der Waals surface area contributed by atoms with Gasteiger partial charge < -0.3 is 10.1 Å². The number of nitrogens with one attached hydrogen (secondary N) is 1. The van der Waals surface area contributed by atoms with Gasteiger partial charge in [0.05, 0.1) is 11.8 Å². The van der Waals surface area contributed by atoms with Crippen molar-refractivity contribution in [1.29, 1.82) is 0 Å². The molecule has 3 aliphatic rings. The van der Waals surface area contributed by atoms with Crippen molar-refractivity contribution in [2.75, 3.05) is 11.9 Å². The number of nitrogens with zero attached hydrogens (tertiary/aromatic N) is 1. The number of rotatable bonds is 7. The second-order valence-corrected chi connectivity index (χ2v) is 9.61. The van der Waals surface area contributed by atoms with E-state index >= 15 is 0 Å². The van der Waals surface area contributed by atoms with Gasteiger partial charge in [-0.05, 0) is 55.2 Å². The first-order valence-electron chi connectivity index (χ1n) is 11.9. The molecule has 1 heterocycles. The monoisotopic (exact) mass is 460 g/mol. The lowest BCUT2D eigenvalue weighted by molar-refractivity contribution is -0.160. The summed E-state index contributed by atoms with van der Waals surface area (Å²) in [6.07, 6.45) is 3.01. The maximum absolute atomic E-state index is 13.4. The van der Waals surface area contributed by atoms with Crippen molar-refractivity contribution in [3.05, 3.63) is 65.7 Å². The highest BCUT2D eigenvalue weighted by Crippen LogP contribution is 2.56. The molecule has 0 aromatic heterocycles. The van der Waals surface area contributed by atoms with Crippen LogP contribution < -0.4 is 5.32 Å². The smallest absolute Gasteiger partial charge is 0.330 e. The predicted octanol–water partition coefficient (Wildman–Crippen LogP) is 3.12. The fourth-order valence-corrected chi connectivity index (χ4v) is 5.99. The van der Waals surface area contributed by atoms with Gasteiger partial charge in [0.15, 0.2) is 6.61 Å². The summed E-state index contributed by atoms with van der Waals surface area (Å²) in [7, 11) is 0. The third-order valence-electron chi connectivity index (χ3n) is 7.58.